The van der Waals surface area contributed by atoms with E-state index >= 15 is 0 Å². The minimum absolute atomic E-state index is 0.0289. The third kappa shape index (κ3) is 10.2. The monoisotopic (exact) mass is 326 g/mol. The van der Waals surface area contributed by atoms with Gasteiger partial charge in [0.05, 0.1) is 12.5 Å². The summed E-state index contributed by atoms with van der Waals surface area (Å²) in [4.78, 5) is 14.5. The minimum Gasteiger partial charge on any atom is -0.466 e. The molecule has 0 aromatic rings. The summed E-state index contributed by atoms with van der Waals surface area (Å²) < 4.78 is 5.05. The van der Waals surface area contributed by atoms with Gasteiger partial charge in [-0.3, -0.25) is 4.79 Å². The van der Waals surface area contributed by atoms with Gasteiger partial charge in [-0.2, -0.15) is 0 Å². The van der Waals surface area contributed by atoms with Crippen LogP contribution in [0.4, 0.5) is 0 Å². The zero-order chi connectivity index (χ0) is 18.1. The van der Waals surface area contributed by atoms with Crippen molar-refractivity contribution in [3.63, 3.8) is 0 Å². The van der Waals surface area contributed by atoms with Gasteiger partial charge in [0.1, 0.15) is 0 Å². The van der Waals surface area contributed by atoms with Crippen LogP contribution in [0.2, 0.25) is 0 Å². The van der Waals surface area contributed by atoms with Gasteiger partial charge >= 0.3 is 5.97 Å². The van der Waals surface area contributed by atoms with Gasteiger partial charge in [-0.15, -0.1) is 0 Å². The van der Waals surface area contributed by atoms with Crippen molar-refractivity contribution in [3.8, 4) is 0 Å². The van der Waals surface area contributed by atoms with Crippen LogP contribution in [-0.2, 0) is 9.53 Å². The average Bonchev–Trinajstić information content (AvgIpc) is 2.42. The molecule has 0 aromatic heterocycles. The lowest BCUT2D eigenvalue weighted by atomic mass is 9.75. The Bertz CT molecular complexity index is 415. The van der Waals surface area contributed by atoms with E-state index in [2.05, 4.69) is 50.0 Å². The van der Waals surface area contributed by atoms with Crippen LogP contribution in [-0.4, -0.2) is 31.7 Å². The standard InChI is InChI=1S/C17H34N4O2/c1-8-23-15(22)13(2)9-14(3)19-11-16(4,5)10-17(6,7)12-20-21-18/h13-14,19H,8-12H2,1-7H3. The number of nitrogens with zero attached hydrogens (tertiary/aromatic N) is 3. The summed E-state index contributed by atoms with van der Waals surface area (Å²) in [6, 6.07) is 0.244. The molecule has 0 radical (unpaired) electrons. The summed E-state index contributed by atoms with van der Waals surface area (Å²) in [6.45, 7) is 16.3. The highest BCUT2D eigenvalue weighted by Crippen LogP contribution is 2.33. The van der Waals surface area contributed by atoms with Gasteiger partial charge in [0, 0.05) is 24.0 Å². The van der Waals surface area contributed by atoms with Gasteiger partial charge in [0.15, 0.2) is 0 Å². The smallest absolute Gasteiger partial charge is 0.308 e. The fraction of sp³-hybridized carbons (Fsp3) is 0.941. The average molecular weight is 326 g/mol. The van der Waals surface area contributed by atoms with E-state index < -0.39 is 0 Å². The molecular formula is C17H34N4O2. The van der Waals surface area contributed by atoms with Gasteiger partial charge in [-0.05, 0) is 43.1 Å². The van der Waals surface area contributed by atoms with Crippen LogP contribution in [0, 0.1) is 16.7 Å². The zero-order valence-electron chi connectivity index (χ0n) is 15.8. The molecule has 0 aliphatic carbocycles. The fourth-order valence-corrected chi connectivity index (χ4v) is 3.08. The molecule has 0 rings (SSSR count). The molecule has 0 aromatic carbocycles. The third-order valence-corrected chi connectivity index (χ3v) is 3.84. The Balaban J connectivity index is 4.36. The Kier molecular flexibility index (Phi) is 9.25. The second kappa shape index (κ2) is 9.78. The Morgan fingerprint density at radius 3 is 2.39 bits per heavy atom. The van der Waals surface area contributed by atoms with Crippen LogP contribution in [0.1, 0.15) is 61.3 Å². The molecule has 0 bridgehead atoms. The Morgan fingerprint density at radius 1 is 1.26 bits per heavy atom. The number of azide groups is 1. The van der Waals surface area contributed by atoms with Crippen LogP contribution >= 0.6 is 0 Å². The SMILES string of the molecule is CCOC(=O)C(C)CC(C)NCC(C)(C)CC(C)(C)CN=[N+]=[N-]. The summed E-state index contributed by atoms with van der Waals surface area (Å²) in [5.41, 5.74) is 8.53. The largest absolute Gasteiger partial charge is 0.466 e. The highest BCUT2D eigenvalue weighted by molar-refractivity contribution is 5.71. The summed E-state index contributed by atoms with van der Waals surface area (Å²) >= 11 is 0. The van der Waals surface area contributed by atoms with Crippen molar-refractivity contribution in [2.75, 3.05) is 19.7 Å². The Hall–Kier alpha value is -1.26. The summed E-state index contributed by atoms with van der Waals surface area (Å²) in [6.07, 6.45) is 1.71. The maximum absolute atomic E-state index is 11.7. The first-order valence-corrected chi connectivity index (χ1v) is 8.44. The van der Waals surface area contributed by atoms with Gasteiger partial charge < -0.3 is 10.1 Å². The van der Waals surface area contributed by atoms with E-state index in [1.165, 1.54) is 0 Å². The molecule has 2 atom stereocenters. The number of hydrogen-bond donors (Lipinski definition) is 1. The number of nitrogens with one attached hydrogen (secondary N) is 1. The van der Waals surface area contributed by atoms with Crippen LogP contribution in [0.5, 0.6) is 0 Å². The number of carbonyl (C=O) groups is 1. The molecular weight excluding hydrogens is 292 g/mol. The molecule has 0 aliphatic heterocycles. The van der Waals surface area contributed by atoms with Crippen molar-refractivity contribution < 1.29 is 9.53 Å². The van der Waals surface area contributed by atoms with Gasteiger partial charge in [-0.1, -0.05) is 39.7 Å². The molecule has 0 heterocycles. The normalized spacial score (nSPS) is 14.7. The quantitative estimate of drug-likeness (QED) is 0.266. The van der Waals surface area contributed by atoms with Crippen LogP contribution in [0.15, 0.2) is 5.11 Å². The first kappa shape index (κ1) is 21.7. The molecule has 0 spiro atoms. The maximum atomic E-state index is 11.7. The lowest BCUT2D eigenvalue weighted by Gasteiger charge is -2.35. The van der Waals surface area contributed by atoms with E-state index in [1.54, 1.807) is 0 Å². The van der Waals surface area contributed by atoms with Crippen LogP contribution in [0.3, 0.4) is 0 Å². The van der Waals surface area contributed by atoms with Crippen molar-refractivity contribution in [1.82, 2.24) is 5.32 Å². The van der Waals surface area contributed by atoms with E-state index in [-0.39, 0.29) is 28.8 Å². The molecule has 23 heavy (non-hydrogen) atoms. The first-order valence-electron chi connectivity index (χ1n) is 8.44. The Morgan fingerprint density at radius 2 is 1.87 bits per heavy atom. The predicted octanol–water partition coefficient (Wildman–Crippen LogP) is 4.31. The number of rotatable bonds is 11. The molecule has 1 N–H and O–H groups in total. The topological polar surface area (TPSA) is 87.1 Å². The molecule has 134 valence electrons. The van der Waals surface area contributed by atoms with E-state index in [0.29, 0.717) is 13.2 Å². The number of esters is 1. The zero-order valence-corrected chi connectivity index (χ0v) is 15.8. The fourth-order valence-electron chi connectivity index (χ4n) is 3.08. The summed E-state index contributed by atoms with van der Waals surface area (Å²) in [5, 5.41) is 7.23. The highest BCUT2D eigenvalue weighted by Gasteiger charge is 2.29. The molecule has 0 saturated heterocycles. The summed E-state index contributed by atoms with van der Waals surface area (Å²) in [5.74, 6) is -0.224. The van der Waals surface area contributed by atoms with Crippen molar-refractivity contribution in [2.24, 2.45) is 21.9 Å². The van der Waals surface area contributed by atoms with Crippen molar-refractivity contribution >= 4 is 5.97 Å². The highest BCUT2D eigenvalue weighted by atomic mass is 16.5. The first-order chi connectivity index (χ1) is 10.5. The molecule has 0 amide bonds. The molecule has 6 nitrogen and oxygen atoms in total. The Labute approximate surface area is 141 Å². The van der Waals surface area contributed by atoms with Gasteiger partial charge in [0.25, 0.3) is 0 Å². The van der Waals surface area contributed by atoms with Gasteiger partial charge in [-0.25, -0.2) is 0 Å². The predicted molar refractivity (Wildman–Crippen MR) is 94.1 cm³/mol. The van der Waals surface area contributed by atoms with Crippen LogP contribution < -0.4 is 5.32 Å². The minimum atomic E-state index is -0.129. The van der Waals surface area contributed by atoms with E-state index in [9.17, 15) is 4.79 Å². The van der Waals surface area contributed by atoms with Crippen molar-refractivity contribution in [3.05, 3.63) is 10.4 Å². The number of ether oxygens (including phenoxy) is 1. The lowest BCUT2D eigenvalue weighted by Crippen LogP contribution is -2.39. The summed E-state index contributed by atoms with van der Waals surface area (Å²) in [7, 11) is 0. The molecule has 6 heteroatoms. The van der Waals surface area contributed by atoms with Crippen LogP contribution in [0.25, 0.3) is 10.4 Å². The molecule has 0 saturated carbocycles. The van der Waals surface area contributed by atoms with Crippen molar-refractivity contribution in [1.29, 1.82) is 0 Å². The lowest BCUT2D eigenvalue weighted by molar-refractivity contribution is -0.147. The van der Waals surface area contributed by atoms with E-state index in [4.69, 9.17) is 10.3 Å². The third-order valence-electron chi connectivity index (χ3n) is 3.84. The number of hydrogen-bond acceptors (Lipinski definition) is 4. The molecule has 0 fully saturated rings. The second-order valence-electron chi connectivity index (χ2n) is 8.06. The van der Waals surface area contributed by atoms with Crippen molar-refractivity contribution in [2.45, 2.75) is 67.3 Å². The second-order valence-corrected chi connectivity index (χ2v) is 8.06. The molecule has 2 unspecified atom stereocenters. The van der Waals surface area contributed by atoms with E-state index in [0.717, 1.165) is 19.4 Å². The number of carbonyl (C=O) groups excluding carboxylic acids is 1. The van der Waals surface area contributed by atoms with Gasteiger partial charge in [0.2, 0.25) is 0 Å². The molecule has 0 aliphatic rings. The maximum Gasteiger partial charge on any atom is 0.308 e. The van der Waals surface area contributed by atoms with E-state index in [1.807, 2.05) is 13.8 Å².